The van der Waals surface area contributed by atoms with Crippen LogP contribution in [0.5, 0.6) is 0 Å². The monoisotopic (exact) mass is 302 g/mol. The fourth-order valence-corrected chi connectivity index (χ4v) is 4.94. The molecule has 1 amide bonds. The molecule has 1 aliphatic heterocycles. The Morgan fingerprint density at radius 3 is 2.50 bits per heavy atom. The quantitative estimate of drug-likeness (QED) is 0.791. The second kappa shape index (κ2) is 6.02. The van der Waals surface area contributed by atoms with Crippen molar-refractivity contribution in [3.63, 3.8) is 0 Å². The number of sulfone groups is 1. The molecule has 0 radical (unpaired) electrons. The fraction of sp³-hybridized carbons (Fsp3) is 0.929. The molecule has 6 heteroatoms. The number of carbonyl (C=O) groups excluding carboxylic acids is 1. The van der Waals surface area contributed by atoms with Gasteiger partial charge in [0.15, 0.2) is 9.84 Å². The molecule has 1 saturated heterocycles. The third kappa shape index (κ3) is 3.01. The summed E-state index contributed by atoms with van der Waals surface area (Å²) in [5.74, 6) is 0.438. The van der Waals surface area contributed by atoms with Gasteiger partial charge < -0.3 is 10.6 Å². The van der Waals surface area contributed by atoms with Crippen molar-refractivity contribution < 1.29 is 13.2 Å². The van der Waals surface area contributed by atoms with Crippen LogP contribution in [0.1, 0.15) is 45.4 Å². The van der Waals surface area contributed by atoms with Crippen LogP contribution in [0.25, 0.3) is 0 Å². The minimum Gasteiger partial charge on any atom is -0.338 e. The lowest BCUT2D eigenvalue weighted by molar-refractivity contribution is -0.148. The van der Waals surface area contributed by atoms with Gasteiger partial charge in [0.25, 0.3) is 0 Å². The minimum absolute atomic E-state index is 0.0989. The summed E-state index contributed by atoms with van der Waals surface area (Å²) in [7, 11) is -2.97. The van der Waals surface area contributed by atoms with Crippen LogP contribution in [0, 0.1) is 5.41 Å². The Morgan fingerprint density at radius 2 is 2.10 bits per heavy atom. The summed E-state index contributed by atoms with van der Waals surface area (Å²) in [6.45, 7) is 3.13. The molecule has 1 heterocycles. The summed E-state index contributed by atoms with van der Waals surface area (Å²) < 4.78 is 23.4. The van der Waals surface area contributed by atoms with Gasteiger partial charge in [0.2, 0.25) is 5.91 Å². The first-order chi connectivity index (χ1) is 9.44. The number of rotatable bonds is 6. The van der Waals surface area contributed by atoms with Crippen LogP contribution in [0.3, 0.4) is 0 Å². The van der Waals surface area contributed by atoms with Gasteiger partial charge in [-0.1, -0.05) is 19.8 Å². The smallest absolute Gasteiger partial charge is 0.230 e. The topological polar surface area (TPSA) is 80.5 Å². The zero-order valence-corrected chi connectivity index (χ0v) is 13.1. The highest BCUT2D eigenvalue weighted by Gasteiger charge is 2.47. The Bertz CT molecular complexity index is 452. The highest BCUT2D eigenvalue weighted by Crippen LogP contribution is 2.42. The molecule has 116 valence electrons. The predicted molar refractivity (Wildman–Crippen MR) is 79.0 cm³/mol. The number of nitrogens with zero attached hydrogens (tertiary/aromatic N) is 1. The molecule has 0 spiro atoms. The molecule has 2 N–H and O–H groups in total. The van der Waals surface area contributed by atoms with E-state index in [1.165, 1.54) is 0 Å². The Morgan fingerprint density at radius 1 is 1.40 bits per heavy atom. The molecule has 0 aromatic heterocycles. The van der Waals surface area contributed by atoms with Crippen LogP contribution >= 0.6 is 0 Å². The predicted octanol–water partition coefficient (Wildman–Crippen LogP) is 0.931. The van der Waals surface area contributed by atoms with Crippen LogP contribution in [-0.2, 0) is 14.6 Å². The lowest BCUT2D eigenvalue weighted by Crippen LogP contribution is -2.55. The lowest BCUT2D eigenvalue weighted by Gasteiger charge is -2.44. The van der Waals surface area contributed by atoms with Gasteiger partial charge in [-0.05, 0) is 25.7 Å². The van der Waals surface area contributed by atoms with E-state index >= 15 is 0 Å². The molecule has 1 unspecified atom stereocenters. The van der Waals surface area contributed by atoms with Crippen molar-refractivity contribution in [3.8, 4) is 0 Å². The van der Waals surface area contributed by atoms with Crippen LogP contribution in [0.4, 0.5) is 0 Å². The van der Waals surface area contributed by atoms with E-state index in [1.54, 1.807) is 0 Å². The summed E-state index contributed by atoms with van der Waals surface area (Å²) in [4.78, 5) is 14.7. The minimum atomic E-state index is -2.97. The van der Waals surface area contributed by atoms with Gasteiger partial charge in [0.05, 0.1) is 16.9 Å². The largest absolute Gasteiger partial charge is 0.338 e. The average molecular weight is 302 g/mol. The van der Waals surface area contributed by atoms with E-state index in [1.807, 2.05) is 4.90 Å². The maximum atomic E-state index is 12.8. The average Bonchev–Trinajstić information content (AvgIpc) is 2.69. The van der Waals surface area contributed by atoms with Gasteiger partial charge in [-0.25, -0.2) is 8.42 Å². The van der Waals surface area contributed by atoms with E-state index in [0.29, 0.717) is 19.5 Å². The maximum absolute atomic E-state index is 12.8. The highest BCUT2D eigenvalue weighted by atomic mass is 32.2. The molecular weight excluding hydrogens is 276 g/mol. The number of hydrogen-bond acceptors (Lipinski definition) is 4. The van der Waals surface area contributed by atoms with E-state index in [9.17, 15) is 13.2 Å². The van der Waals surface area contributed by atoms with Crippen LogP contribution in [0.2, 0.25) is 0 Å². The van der Waals surface area contributed by atoms with Crippen LogP contribution in [0.15, 0.2) is 0 Å². The molecule has 2 fully saturated rings. The standard InChI is InChI=1S/C14H26N2O3S/c1-2-3-8-16(12-5-9-20(18,19)10-12)13(17)14(11-15)6-4-7-14/h12H,2-11,15H2,1H3. The molecule has 1 saturated carbocycles. The van der Waals surface area contributed by atoms with Crippen molar-refractivity contribution >= 4 is 15.7 Å². The SMILES string of the molecule is CCCCN(C(=O)C1(CN)CCC1)C1CCS(=O)(=O)C1. The number of hydrogen-bond donors (Lipinski definition) is 1. The molecule has 5 nitrogen and oxygen atoms in total. The number of nitrogens with two attached hydrogens (primary N) is 1. The first kappa shape index (κ1) is 15.8. The van der Waals surface area contributed by atoms with Gasteiger partial charge in [0, 0.05) is 19.1 Å². The van der Waals surface area contributed by atoms with Crippen molar-refractivity contribution in [2.45, 2.75) is 51.5 Å². The molecular formula is C14H26N2O3S. The summed E-state index contributed by atoms with van der Waals surface area (Å²) in [5.41, 5.74) is 5.42. The van der Waals surface area contributed by atoms with Crippen LogP contribution < -0.4 is 5.73 Å². The van der Waals surface area contributed by atoms with Gasteiger partial charge in [-0.2, -0.15) is 0 Å². The summed E-state index contributed by atoms with van der Waals surface area (Å²) >= 11 is 0. The van der Waals surface area contributed by atoms with Crippen molar-refractivity contribution in [3.05, 3.63) is 0 Å². The van der Waals surface area contributed by atoms with E-state index in [2.05, 4.69) is 6.92 Å². The summed E-state index contributed by atoms with van der Waals surface area (Å²) in [6, 6.07) is -0.136. The molecule has 0 aromatic rings. The Balaban J connectivity index is 2.13. The summed E-state index contributed by atoms with van der Waals surface area (Å²) in [5, 5.41) is 0. The molecule has 20 heavy (non-hydrogen) atoms. The summed E-state index contributed by atoms with van der Waals surface area (Å²) in [6.07, 6.45) is 5.25. The van der Waals surface area contributed by atoms with Crippen LogP contribution in [-0.4, -0.2) is 49.9 Å². The Labute approximate surface area is 121 Å². The van der Waals surface area contributed by atoms with Gasteiger partial charge >= 0.3 is 0 Å². The molecule has 1 atom stereocenters. The van der Waals surface area contributed by atoms with Crippen molar-refractivity contribution in [2.75, 3.05) is 24.6 Å². The molecule has 2 rings (SSSR count). The zero-order valence-electron chi connectivity index (χ0n) is 12.3. The number of unbranched alkanes of at least 4 members (excludes halogenated alkanes) is 1. The Hall–Kier alpha value is -0.620. The van der Waals surface area contributed by atoms with Gasteiger partial charge in [-0.3, -0.25) is 4.79 Å². The van der Waals surface area contributed by atoms with Gasteiger partial charge in [0.1, 0.15) is 0 Å². The van der Waals surface area contributed by atoms with E-state index in [-0.39, 0.29) is 23.5 Å². The second-order valence-electron chi connectivity index (χ2n) is 6.25. The third-order valence-electron chi connectivity index (χ3n) is 4.82. The van der Waals surface area contributed by atoms with Gasteiger partial charge in [-0.15, -0.1) is 0 Å². The highest BCUT2D eigenvalue weighted by molar-refractivity contribution is 7.91. The first-order valence-electron chi connectivity index (χ1n) is 7.66. The van der Waals surface area contributed by atoms with E-state index < -0.39 is 15.3 Å². The maximum Gasteiger partial charge on any atom is 0.230 e. The van der Waals surface area contributed by atoms with Crippen molar-refractivity contribution in [1.29, 1.82) is 0 Å². The normalized spacial score (nSPS) is 27.0. The van der Waals surface area contributed by atoms with E-state index in [4.69, 9.17) is 5.73 Å². The number of amides is 1. The van der Waals surface area contributed by atoms with Crippen molar-refractivity contribution in [2.24, 2.45) is 11.1 Å². The molecule has 0 bridgehead atoms. The third-order valence-corrected chi connectivity index (χ3v) is 6.57. The molecule has 0 aromatic carbocycles. The number of carbonyl (C=O) groups is 1. The molecule has 2 aliphatic rings. The second-order valence-corrected chi connectivity index (χ2v) is 8.48. The zero-order chi connectivity index (χ0) is 14.8. The molecule has 1 aliphatic carbocycles. The fourth-order valence-electron chi connectivity index (χ4n) is 3.21. The lowest BCUT2D eigenvalue weighted by atomic mass is 9.67. The van der Waals surface area contributed by atoms with E-state index in [0.717, 1.165) is 32.1 Å². The Kier molecular flexibility index (Phi) is 4.74. The van der Waals surface area contributed by atoms with Crippen molar-refractivity contribution in [1.82, 2.24) is 4.90 Å². The first-order valence-corrected chi connectivity index (χ1v) is 9.48.